The number of rotatable bonds is 3. The largest absolute Gasteiger partial charge is 0.416 e. The van der Waals surface area contributed by atoms with Crippen LogP contribution in [0.2, 0.25) is 0 Å². The molecule has 1 atom stereocenters. The van der Waals surface area contributed by atoms with Crippen LogP contribution in [0.5, 0.6) is 0 Å². The van der Waals surface area contributed by atoms with Crippen molar-refractivity contribution in [3.05, 3.63) is 98.3 Å². The predicted molar refractivity (Wildman–Crippen MR) is 114 cm³/mol. The standard InChI is InChI=1S/C23H15BrF4N2O2/c1-11-4-2-3-5-15(11)20-19-17(7-6-16(24)18(19)22(32)30-20)29-21(31)12-8-13(23(26,27)28)10-14(25)9-12/h2-10,20H,1H3,(H,29,31)(H,30,32). The average molecular weight is 507 g/mol. The van der Waals surface area contributed by atoms with Gasteiger partial charge >= 0.3 is 6.18 Å². The second kappa shape index (κ2) is 8.05. The fourth-order valence-corrected chi connectivity index (χ4v) is 4.26. The summed E-state index contributed by atoms with van der Waals surface area (Å²) in [7, 11) is 0. The van der Waals surface area contributed by atoms with E-state index in [1.807, 2.05) is 31.2 Å². The van der Waals surface area contributed by atoms with E-state index in [9.17, 15) is 27.2 Å². The van der Waals surface area contributed by atoms with Gasteiger partial charge in [0, 0.05) is 21.3 Å². The molecule has 0 saturated heterocycles. The number of aryl methyl sites for hydroxylation is 1. The summed E-state index contributed by atoms with van der Waals surface area (Å²) in [4.78, 5) is 25.4. The molecule has 3 aromatic rings. The first-order chi connectivity index (χ1) is 15.1. The number of alkyl halides is 3. The number of halogens is 5. The summed E-state index contributed by atoms with van der Waals surface area (Å²) in [5.41, 5.74) is 0.974. The van der Waals surface area contributed by atoms with Crippen molar-refractivity contribution in [1.82, 2.24) is 5.32 Å². The molecule has 0 fully saturated rings. The average Bonchev–Trinajstić information content (AvgIpc) is 3.07. The quantitative estimate of drug-likeness (QED) is 0.428. The molecule has 1 unspecified atom stereocenters. The summed E-state index contributed by atoms with van der Waals surface area (Å²) in [5.74, 6) is -2.47. The van der Waals surface area contributed by atoms with E-state index in [2.05, 4.69) is 26.6 Å². The van der Waals surface area contributed by atoms with E-state index in [-0.39, 0.29) is 11.6 Å². The van der Waals surface area contributed by atoms with Crippen molar-refractivity contribution in [2.24, 2.45) is 0 Å². The Kier molecular flexibility index (Phi) is 5.54. The van der Waals surface area contributed by atoms with Crippen molar-refractivity contribution in [2.75, 3.05) is 5.32 Å². The summed E-state index contributed by atoms with van der Waals surface area (Å²) < 4.78 is 53.4. The highest BCUT2D eigenvalue weighted by atomic mass is 79.9. The molecule has 0 spiro atoms. The van der Waals surface area contributed by atoms with E-state index in [0.29, 0.717) is 27.7 Å². The number of carbonyl (C=O) groups excluding carboxylic acids is 2. The SMILES string of the molecule is Cc1ccccc1C1NC(=O)c2c(Br)ccc(NC(=O)c3cc(F)cc(C(F)(F)F)c3)c21. The zero-order chi connectivity index (χ0) is 23.2. The highest BCUT2D eigenvalue weighted by Crippen LogP contribution is 2.41. The molecule has 1 heterocycles. The fraction of sp³-hybridized carbons (Fsp3) is 0.130. The van der Waals surface area contributed by atoms with Crippen LogP contribution in [0.4, 0.5) is 23.2 Å². The number of fused-ring (bicyclic) bond motifs is 1. The van der Waals surface area contributed by atoms with Gasteiger partial charge < -0.3 is 10.6 Å². The zero-order valence-corrected chi connectivity index (χ0v) is 18.1. The molecule has 2 amide bonds. The topological polar surface area (TPSA) is 58.2 Å². The van der Waals surface area contributed by atoms with Crippen molar-refractivity contribution < 1.29 is 27.2 Å². The van der Waals surface area contributed by atoms with Crippen molar-refractivity contribution in [3.8, 4) is 0 Å². The third-order valence-electron chi connectivity index (χ3n) is 5.22. The van der Waals surface area contributed by atoms with Gasteiger partial charge in [-0.25, -0.2) is 4.39 Å². The summed E-state index contributed by atoms with van der Waals surface area (Å²) >= 11 is 3.34. The van der Waals surface area contributed by atoms with Crippen molar-refractivity contribution >= 4 is 33.4 Å². The molecular formula is C23H15BrF4N2O2. The van der Waals surface area contributed by atoms with Gasteiger partial charge in [0.05, 0.1) is 17.2 Å². The van der Waals surface area contributed by atoms with Gasteiger partial charge in [-0.05, 0) is 64.3 Å². The van der Waals surface area contributed by atoms with Crippen molar-refractivity contribution in [1.29, 1.82) is 0 Å². The van der Waals surface area contributed by atoms with Gasteiger partial charge in [0.1, 0.15) is 5.82 Å². The molecule has 164 valence electrons. The molecule has 0 aliphatic carbocycles. The minimum atomic E-state index is -4.80. The predicted octanol–water partition coefficient (Wildman–Crippen LogP) is 6.00. The Hall–Kier alpha value is -3.20. The minimum Gasteiger partial charge on any atom is -0.341 e. The van der Waals surface area contributed by atoms with Crippen molar-refractivity contribution in [2.45, 2.75) is 19.1 Å². The first kappa shape index (κ1) is 22.0. The number of nitrogens with one attached hydrogen (secondary N) is 2. The Morgan fingerprint density at radius 3 is 2.50 bits per heavy atom. The molecule has 1 aliphatic rings. The molecule has 4 nitrogen and oxygen atoms in total. The maximum atomic E-state index is 13.8. The number of amides is 2. The minimum absolute atomic E-state index is 0.234. The van der Waals surface area contributed by atoms with Gasteiger partial charge in [0.2, 0.25) is 0 Å². The van der Waals surface area contributed by atoms with Crippen LogP contribution in [-0.2, 0) is 6.18 Å². The van der Waals surface area contributed by atoms with Gasteiger partial charge in [0.15, 0.2) is 0 Å². The first-order valence-corrected chi connectivity index (χ1v) is 10.2. The molecule has 9 heteroatoms. The molecular weight excluding hydrogens is 492 g/mol. The van der Waals surface area contributed by atoms with Gasteiger partial charge in [-0.1, -0.05) is 24.3 Å². The van der Waals surface area contributed by atoms with Crippen LogP contribution in [-0.4, -0.2) is 11.8 Å². The van der Waals surface area contributed by atoms with E-state index in [1.54, 1.807) is 6.07 Å². The maximum Gasteiger partial charge on any atom is 0.416 e. The molecule has 0 aromatic heterocycles. The number of carbonyl (C=O) groups is 2. The first-order valence-electron chi connectivity index (χ1n) is 9.44. The molecule has 0 radical (unpaired) electrons. The Bertz CT molecular complexity index is 1260. The van der Waals surface area contributed by atoms with E-state index in [0.717, 1.165) is 17.2 Å². The van der Waals surface area contributed by atoms with Crippen LogP contribution in [0.15, 0.2) is 59.1 Å². The zero-order valence-electron chi connectivity index (χ0n) is 16.5. The molecule has 3 aromatic carbocycles. The fourth-order valence-electron chi connectivity index (χ4n) is 3.73. The molecule has 0 bridgehead atoms. The Balaban J connectivity index is 1.77. The molecule has 32 heavy (non-hydrogen) atoms. The summed E-state index contributed by atoms with van der Waals surface area (Å²) in [5, 5.41) is 5.43. The second-order valence-electron chi connectivity index (χ2n) is 7.33. The van der Waals surface area contributed by atoms with Gasteiger partial charge in [-0.2, -0.15) is 13.2 Å². The molecule has 0 saturated carbocycles. The van der Waals surface area contributed by atoms with Crippen LogP contribution in [0, 0.1) is 12.7 Å². The molecule has 1 aliphatic heterocycles. The molecule has 2 N–H and O–H groups in total. The normalized spacial score (nSPS) is 15.3. The van der Waals surface area contributed by atoms with Crippen LogP contribution < -0.4 is 10.6 Å². The van der Waals surface area contributed by atoms with Crippen LogP contribution >= 0.6 is 15.9 Å². The number of hydrogen-bond acceptors (Lipinski definition) is 2. The third kappa shape index (κ3) is 4.00. The summed E-state index contributed by atoms with van der Waals surface area (Å²) in [6, 6.07) is 11.5. The Morgan fingerprint density at radius 1 is 1.09 bits per heavy atom. The lowest BCUT2D eigenvalue weighted by molar-refractivity contribution is -0.137. The maximum absolute atomic E-state index is 13.8. The van der Waals surface area contributed by atoms with E-state index in [4.69, 9.17) is 0 Å². The highest BCUT2D eigenvalue weighted by molar-refractivity contribution is 9.10. The third-order valence-corrected chi connectivity index (χ3v) is 5.88. The van der Waals surface area contributed by atoms with Crippen LogP contribution in [0.1, 0.15) is 49.0 Å². The lowest BCUT2D eigenvalue weighted by Gasteiger charge is -2.19. The van der Waals surface area contributed by atoms with Gasteiger partial charge in [-0.15, -0.1) is 0 Å². The van der Waals surface area contributed by atoms with Crippen LogP contribution in [0.3, 0.4) is 0 Å². The summed E-state index contributed by atoms with van der Waals surface area (Å²) in [6.45, 7) is 1.88. The Morgan fingerprint density at radius 2 is 1.81 bits per heavy atom. The van der Waals surface area contributed by atoms with E-state index < -0.39 is 35.1 Å². The number of anilines is 1. The monoisotopic (exact) mass is 506 g/mol. The Labute approximate surface area is 188 Å². The lowest BCUT2D eigenvalue weighted by Crippen LogP contribution is -2.21. The van der Waals surface area contributed by atoms with Crippen LogP contribution in [0.25, 0.3) is 0 Å². The second-order valence-corrected chi connectivity index (χ2v) is 8.18. The summed E-state index contributed by atoms with van der Waals surface area (Å²) in [6.07, 6.45) is -4.80. The molecule has 4 rings (SSSR count). The highest BCUT2D eigenvalue weighted by Gasteiger charge is 2.36. The number of hydrogen-bond donors (Lipinski definition) is 2. The smallest absolute Gasteiger partial charge is 0.341 e. The van der Waals surface area contributed by atoms with E-state index in [1.165, 1.54) is 6.07 Å². The van der Waals surface area contributed by atoms with Gasteiger partial charge in [0.25, 0.3) is 11.8 Å². The van der Waals surface area contributed by atoms with Gasteiger partial charge in [-0.3, -0.25) is 9.59 Å². The number of benzene rings is 3. The lowest BCUT2D eigenvalue weighted by atomic mass is 9.93. The van der Waals surface area contributed by atoms with Crippen molar-refractivity contribution in [3.63, 3.8) is 0 Å². The van der Waals surface area contributed by atoms with E-state index >= 15 is 0 Å².